The molecule has 0 spiro atoms. The van der Waals surface area contributed by atoms with Crippen molar-refractivity contribution in [1.29, 1.82) is 0 Å². The Morgan fingerprint density at radius 3 is 2.53 bits per heavy atom. The molecule has 3 heterocycles. The minimum atomic E-state index is -0.861. The Morgan fingerprint density at radius 1 is 1.00 bits per heavy atom. The fourth-order valence-electron chi connectivity index (χ4n) is 3.86. The highest BCUT2D eigenvalue weighted by atomic mass is 19.1. The van der Waals surface area contributed by atoms with Crippen LogP contribution >= 0.6 is 0 Å². The van der Waals surface area contributed by atoms with E-state index < -0.39 is 17.5 Å². The van der Waals surface area contributed by atoms with Gasteiger partial charge in [0.15, 0.2) is 0 Å². The highest BCUT2D eigenvalue weighted by molar-refractivity contribution is 5.94. The second kappa shape index (κ2) is 6.95. The highest BCUT2D eigenvalue weighted by Crippen LogP contribution is 2.31. The second-order valence-corrected chi connectivity index (χ2v) is 7.38. The first-order valence-electron chi connectivity index (χ1n) is 9.57. The van der Waals surface area contributed by atoms with Crippen molar-refractivity contribution < 1.29 is 13.6 Å². The van der Waals surface area contributed by atoms with E-state index in [1.807, 2.05) is 65.0 Å². The van der Waals surface area contributed by atoms with Crippen molar-refractivity contribution in [2.45, 2.75) is 20.0 Å². The normalized spacial score (nSPS) is 13.0. The molecule has 4 aromatic rings. The summed E-state index contributed by atoms with van der Waals surface area (Å²) < 4.78 is 31.2. The number of rotatable bonds is 3. The zero-order chi connectivity index (χ0) is 20.8. The number of nitrogens with zero attached hydrogens (tertiary/aromatic N) is 4. The third-order valence-electron chi connectivity index (χ3n) is 5.27. The van der Waals surface area contributed by atoms with Gasteiger partial charge in [0.1, 0.15) is 17.5 Å². The summed E-state index contributed by atoms with van der Waals surface area (Å²) in [5.41, 5.74) is 3.57. The van der Waals surface area contributed by atoms with Crippen molar-refractivity contribution in [3.05, 3.63) is 101 Å². The Kier molecular flexibility index (Phi) is 4.24. The average Bonchev–Trinajstić information content (AvgIpc) is 3.43. The third kappa shape index (κ3) is 2.99. The zero-order valence-corrected chi connectivity index (χ0v) is 16.2. The number of aryl methyl sites for hydroxylation is 1. The van der Waals surface area contributed by atoms with Gasteiger partial charge in [-0.05, 0) is 48.9 Å². The molecule has 0 saturated heterocycles. The summed E-state index contributed by atoms with van der Waals surface area (Å²) in [6.07, 6.45) is 3.85. The lowest BCUT2D eigenvalue weighted by Gasteiger charge is -2.18. The van der Waals surface area contributed by atoms with Crippen molar-refractivity contribution in [3.8, 4) is 11.5 Å². The van der Waals surface area contributed by atoms with Gasteiger partial charge in [0.25, 0.3) is 5.91 Å². The van der Waals surface area contributed by atoms with Crippen molar-refractivity contribution >= 4 is 5.91 Å². The summed E-state index contributed by atoms with van der Waals surface area (Å²) in [6, 6.07) is 14.9. The first kappa shape index (κ1) is 18.3. The van der Waals surface area contributed by atoms with Crippen molar-refractivity contribution in [2.24, 2.45) is 0 Å². The van der Waals surface area contributed by atoms with Gasteiger partial charge in [0.2, 0.25) is 0 Å². The minimum Gasteiger partial charge on any atom is -0.328 e. The lowest BCUT2D eigenvalue weighted by Crippen LogP contribution is -2.27. The number of benzene rings is 2. The van der Waals surface area contributed by atoms with E-state index in [4.69, 9.17) is 5.10 Å². The van der Waals surface area contributed by atoms with Crippen LogP contribution in [-0.4, -0.2) is 25.2 Å². The molecule has 0 radical (unpaired) electrons. The number of carbonyl (C=O) groups excluding carboxylic acids is 1. The Morgan fingerprint density at radius 2 is 1.80 bits per heavy atom. The van der Waals surface area contributed by atoms with Crippen LogP contribution in [0.2, 0.25) is 0 Å². The SMILES string of the molecule is Cc1cccc(-n2nc3c(c2-n2cccc2)CN(C(=O)c2ccc(F)cc2F)C3)c1. The summed E-state index contributed by atoms with van der Waals surface area (Å²) in [5, 5.41) is 4.77. The molecular formula is C23H18F2N4O. The van der Waals surface area contributed by atoms with Crippen LogP contribution in [0, 0.1) is 18.6 Å². The first-order valence-corrected chi connectivity index (χ1v) is 9.57. The van der Waals surface area contributed by atoms with Crippen LogP contribution in [0.5, 0.6) is 0 Å². The number of carbonyl (C=O) groups is 1. The molecule has 0 fully saturated rings. The van der Waals surface area contributed by atoms with Gasteiger partial charge >= 0.3 is 0 Å². The largest absolute Gasteiger partial charge is 0.328 e. The molecule has 0 N–H and O–H groups in total. The Balaban J connectivity index is 1.55. The van der Waals surface area contributed by atoms with E-state index in [-0.39, 0.29) is 12.1 Å². The summed E-state index contributed by atoms with van der Waals surface area (Å²) >= 11 is 0. The second-order valence-electron chi connectivity index (χ2n) is 7.38. The average molecular weight is 404 g/mol. The van der Waals surface area contributed by atoms with E-state index in [0.717, 1.165) is 40.5 Å². The molecule has 0 saturated carbocycles. The van der Waals surface area contributed by atoms with E-state index in [2.05, 4.69) is 0 Å². The number of amides is 1. The molecule has 2 aromatic carbocycles. The van der Waals surface area contributed by atoms with Crippen molar-refractivity contribution in [3.63, 3.8) is 0 Å². The predicted molar refractivity (Wildman–Crippen MR) is 108 cm³/mol. The van der Waals surface area contributed by atoms with E-state index in [1.54, 1.807) is 0 Å². The summed E-state index contributed by atoms with van der Waals surface area (Å²) in [7, 11) is 0. The van der Waals surface area contributed by atoms with Crippen LogP contribution < -0.4 is 0 Å². The molecule has 2 aromatic heterocycles. The van der Waals surface area contributed by atoms with Gasteiger partial charge in [0.05, 0.1) is 30.0 Å². The van der Waals surface area contributed by atoms with Crippen LogP contribution in [0.3, 0.4) is 0 Å². The molecular weight excluding hydrogens is 386 g/mol. The van der Waals surface area contributed by atoms with Gasteiger partial charge in [-0.15, -0.1) is 0 Å². The molecule has 1 amide bonds. The van der Waals surface area contributed by atoms with Crippen LogP contribution in [0.1, 0.15) is 27.2 Å². The summed E-state index contributed by atoms with van der Waals surface area (Å²) in [4.78, 5) is 14.4. The van der Waals surface area contributed by atoms with E-state index in [0.29, 0.717) is 6.54 Å². The molecule has 150 valence electrons. The van der Waals surface area contributed by atoms with Crippen LogP contribution in [-0.2, 0) is 13.1 Å². The van der Waals surface area contributed by atoms with Crippen molar-refractivity contribution in [2.75, 3.05) is 0 Å². The summed E-state index contributed by atoms with van der Waals surface area (Å²) in [5.74, 6) is -1.21. The molecule has 1 aliphatic heterocycles. The Bertz CT molecular complexity index is 1260. The first-order chi connectivity index (χ1) is 14.5. The molecule has 0 aliphatic carbocycles. The van der Waals surface area contributed by atoms with Crippen LogP contribution in [0.25, 0.3) is 11.5 Å². The van der Waals surface area contributed by atoms with Gasteiger partial charge in [-0.1, -0.05) is 12.1 Å². The van der Waals surface area contributed by atoms with E-state index in [9.17, 15) is 13.6 Å². The Hall–Kier alpha value is -3.74. The van der Waals surface area contributed by atoms with Crippen LogP contribution in [0.4, 0.5) is 8.78 Å². The maximum absolute atomic E-state index is 14.1. The number of hydrogen-bond donors (Lipinski definition) is 0. The molecule has 5 rings (SSSR count). The third-order valence-corrected chi connectivity index (χ3v) is 5.27. The molecule has 30 heavy (non-hydrogen) atoms. The van der Waals surface area contributed by atoms with E-state index in [1.165, 1.54) is 11.0 Å². The smallest absolute Gasteiger partial charge is 0.257 e. The quantitative estimate of drug-likeness (QED) is 0.508. The molecule has 0 atom stereocenters. The summed E-state index contributed by atoms with van der Waals surface area (Å²) in [6.45, 7) is 2.58. The lowest BCUT2D eigenvalue weighted by molar-refractivity contribution is 0.0744. The molecule has 0 unspecified atom stereocenters. The number of halogens is 2. The Labute approximate surface area is 171 Å². The molecule has 7 heteroatoms. The van der Waals surface area contributed by atoms with Gasteiger partial charge in [0, 0.05) is 24.0 Å². The topological polar surface area (TPSA) is 43.1 Å². The predicted octanol–water partition coefficient (Wildman–Crippen LogP) is 4.41. The van der Waals surface area contributed by atoms with Gasteiger partial charge < -0.3 is 9.47 Å². The maximum Gasteiger partial charge on any atom is 0.257 e. The highest BCUT2D eigenvalue weighted by Gasteiger charge is 2.32. The number of fused-ring (bicyclic) bond motifs is 1. The standard InChI is InChI=1S/C23H18F2N4O/c1-15-5-4-6-17(11-15)29-22(27-9-2-3-10-27)19-13-28(14-21(19)26-29)23(30)18-8-7-16(24)12-20(18)25/h2-12H,13-14H2,1H3. The monoisotopic (exact) mass is 404 g/mol. The zero-order valence-electron chi connectivity index (χ0n) is 16.2. The van der Waals surface area contributed by atoms with Gasteiger partial charge in [-0.25, -0.2) is 13.5 Å². The number of aromatic nitrogens is 3. The molecule has 0 bridgehead atoms. The fourth-order valence-corrected chi connectivity index (χ4v) is 3.86. The minimum absolute atomic E-state index is 0.143. The van der Waals surface area contributed by atoms with E-state index >= 15 is 0 Å². The molecule has 1 aliphatic rings. The lowest BCUT2D eigenvalue weighted by atomic mass is 10.2. The van der Waals surface area contributed by atoms with Crippen LogP contribution in [0.15, 0.2) is 67.0 Å². The number of hydrogen-bond acceptors (Lipinski definition) is 2. The molecule has 5 nitrogen and oxygen atoms in total. The fraction of sp³-hybridized carbons (Fsp3) is 0.130. The van der Waals surface area contributed by atoms with Gasteiger partial charge in [-0.2, -0.15) is 5.10 Å². The van der Waals surface area contributed by atoms with Gasteiger partial charge in [-0.3, -0.25) is 4.79 Å². The van der Waals surface area contributed by atoms with Crippen molar-refractivity contribution in [1.82, 2.24) is 19.2 Å². The maximum atomic E-state index is 14.1.